The van der Waals surface area contributed by atoms with Gasteiger partial charge in [-0.05, 0) is 43.0 Å². The van der Waals surface area contributed by atoms with Gasteiger partial charge in [-0.15, -0.1) is 0 Å². The van der Waals surface area contributed by atoms with Crippen LogP contribution in [0.15, 0.2) is 54.6 Å². The first-order chi connectivity index (χ1) is 17.7. The van der Waals surface area contributed by atoms with E-state index in [1.807, 2.05) is 37.3 Å². The summed E-state index contributed by atoms with van der Waals surface area (Å²) in [5, 5.41) is 5.58. The molecule has 0 aromatic heterocycles. The molecule has 9 heteroatoms. The van der Waals surface area contributed by atoms with Gasteiger partial charge in [0.15, 0.2) is 0 Å². The van der Waals surface area contributed by atoms with E-state index in [0.717, 1.165) is 11.1 Å². The van der Waals surface area contributed by atoms with Gasteiger partial charge < -0.3 is 20.4 Å². The number of amides is 4. The average Bonchev–Trinajstić information content (AvgIpc) is 3.29. The lowest BCUT2D eigenvalue weighted by Gasteiger charge is -2.33. The largest absolute Gasteiger partial charge is 0.350 e. The summed E-state index contributed by atoms with van der Waals surface area (Å²) in [6, 6.07) is 13.2. The fraction of sp³-hybridized carbons (Fsp3) is 0.429. The van der Waals surface area contributed by atoms with E-state index < -0.39 is 18.0 Å². The summed E-state index contributed by atoms with van der Waals surface area (Å²) in [6.45, 7) is 3.75. The number of carbonyl (C=O) groups is 4. The Kier molecular flexibility index (Phi) is 9.77. The third-order valence-electron chi connectivity index (χ3n) is 6.64. The highest BCUT2D eigenvalue weighted by atomic mass is 19.1. The Labute approximate surface area is 217 Å². The quantitative estimate of drug-likeness (QED) is 0.513. The van der Waals surface area contributed by atoms with Gasteiger partial charge in [0.2, 0.25) is 23.6 Å². The van der Waals surface area contributed by atoms with Crippen molar-refractivity contribution in [2.45, 2.75) is 64.2 Å². The van der Waals surface area contributed by atoms with E-state index in [2.05, 4.69) is 10.6 Å². The van der Waals surface area contributed by atoms with Crippen molar-refractivity contribution in [1.29, 1.82) is 0 Å². The van der Waals surface area contributed by atoms with Crippen LogP contribution in [0.1, 0.15) is 44.2 Å². The molecule has 1 aliphatic heterocycles. The smallest absolute Gasteiger partial charge is 0.247 e. The van der Waals surface area contributed by atoms with Gasteiger partial charge in [-0.3, -0.25) is 19.2 Å². The van der Waals surface area contributed by atoms with Gasteiger partial charge >= 0.3 is 0 Å². The van der Waals surface area contributed by atoms with Crippen LogP contribution in [-0.4, -0.2) is 65.1 Å². The number of likely N-dealkylation sites (tertiary alicyclic amines) is 1. The summed E-state index contributed by atoms with van der Waals surface area (Å²) >= 11 is 0. The van der Waals surface area contributed by atoms with Gasteiger partial charge in [0.25, 0.3) is 0 Å². The highest BCUT2D eigenvalue weighted by molar-refractivity contribution is 5.93. The minimum atomic E-state index is -0.981. The number of carbonyl (C=O) groups excluding carboxylic acids is 4. The molecule has 2 aromatic rings. The summed E-state index contributed by atoms with van der Waals surface area (Å²) < 4.78 is 13.2. The first-order valence-corrected chi connectivity index (χ1v) is 12.6. The first-order valence-electron chi connectivity index (χ1n) is 12.6. The molecule has 2 N–H and O–H groups in total. The second-order valence-corrected chi connectivity index (χ2v) is 9.44. The fourth-order valence-electron chi connectivity index (χ4n) is 4.46. The van der Waals surface area contributed by atoms with Crippen LogP contribution in [0.4, 0.5) is 4.39 Å². The van der Waals surface area contributed by atoms with E-state index in [9.17, 15) is 23.6 Å². The Bertz CT molecular complexity index is 1090. The molecule has 37 heavy (non-hydrogen) atoms. The molecular weight excluding hydrogens is 475 g/mol. The molecule has 1 aliphatic rings. The Morgan fingerprint density at radius 1 is 1.03 bits per heavy atom. The summed E-state index contributed by atoms with van der Waals surface area (Å²) in [5.74, 6) is -1.56. The molecule has 0 aliphatic carbocycles. The normalized spacial score (nSPS) is 17.7. The van der Waals surface area contributed by atoms with Crippen molar-refractivity contribution < 1.29 is 23.6 Å². The summed E-state index contributed by atoms with van der Waals surface area (Å²) in [5.41, 5.74) is 1.59. The number of rotatable bonds is 10. The van der Waals surface area contributed by atoms with Crippen molar-refractivity contribution in [3.05, 3.63) is 71.5 Å². The molecule has 3 atom stereocenters. The number of likely N-dealkylation sites (N-methyl/N-ethyl adjacent to an activating group) is 1. The monoisotopic (exact) mass is 510 g/mol. The number of nitrogens with zero attached hydrogens (tertiary/aromatic N) is 2. The van der Waals surface area contributed by atoms with Crippen LogP contribution in [0.5, 0.6) is 0 Å². The van der Waals surface area contributed by atoms with Gasteiger partial charge in [-0.1, -0.05) is 49.4 Å². The van der Waals surface area contributed by atoms with Crippen molar-refractivity contribution in [3.8, 4) is 0 Å². The van der Waals surface area contributed by atoms with Crippen LogP contribution in [0.3, 0.4) is 0 Å². The molecule has 1 heterocycles. The molecule has 8 nitrogen and oxygen atoms in total. The van der Waals surface area contributed by atoms with E-state index >= 15 is 0 Å². The molecule has 0 saturated carbocycles. The second kappa shape index (κ2) is 13.0. The van der Waals surface area contributed by atoms with Gasteiger partial charge in [-0.25, -0.2) is 4.39 Å². The maximum absolute atomic E-state index is 13.7. The number of benzene rings is 2. The highest BCUT2D eigenvalue weighted by Crippen LogP contribution is 2.25. The lowest BCUT2D eigenvalue weighted by atomic mass is 10.1. The van der Waals surface area contributed by atoms with Crippen LogP contribution in [0.2, 0.25) is 0 Å². The molecular formula is C28H35FN4O4. The highest BCUT2D eigenvalue weighted by Gasteiger charge is 2.41. The predicted molar refractivity (Wildman–Crippen MR) is 138 cm³/mol. The maximum Gasteiger partial charge on any atom is 0.247 e. The maximum atomic E-state index is 13.7. The van der Waals surface area contributed by atoms with Crippen molar-refractivity contribution in [3.63, 3.8) is 0 Å². The van der Waals surface area contributed by atoms with Gasteiger partial charge in [-0.2, -0.15) is 0 Å². The number of halogens is 1. The van der Waals surface area contributed by atoms with Crippen molar-refractivity contribution in [1.82, 2.24) is 20.4 Å². The topological polar surface area (TPSA) is 98.8 Å². The molecule has 4 amide bonds. The zero-order valence-corrected chi connectivity index (χ0v) is 21.6. The molecule has 1 unspecified atom stereocenters. The number of hydrogen-bond acceptors (Lipinski definition) is 4. The minimum absolute atomic E-state index is 0.0105. The molecule has 0 spiro atoms. The second-order valence-electron chi connectivity index (χ2n) is 9.44. The van der Waals surface area contributed by atoms with Crippen molar-refractivity contribution in [2.75, 3.05) is 13.6 Å². The number of nitrogens with one attached hydrogen (secondary N) is 2. The van der Waals surface area contributed by atoms with Crippen LogP contribution in [-0.2, 0) is 32.1 Å². The molecule has 198 valence electrons. The Balaban J connectivity index is 1.70. The summed E-state index contributed by atoms with van der Waals surface area (Å²) in [7, 11) is 1.60. The van der Waals surface area contributed by atoms with Crippen molar-refractivity contribution >= 4 is 23.6 Å². The lowest BCUT2D eigenvalue weighted by Crippen LogP contribution is -2.58. The first kappa shape index (κ1) is 27.8. The molecule has 1 saturated heterocycles. The van der Waals surface area contributed by atoms with E-state index in [4.69, 9.17) is 0 Å². The molecule has 3 rings (SSSR count). The predicted octanol–water partition coefficient (Wildman–Crippen LogP) is 2.42. The summed E-state index contributed by atoms with van der Waals surface area (Å²) in [6.07, 6.45) is 1.48. The molecule has 0 radical (unpaired) electrons. The third kappa shape index (κ3) is 7.62. The molecule has 2 aromatic carbocycles. The Hall–Kier alpha value is -3.75. The SMILES string of the molecule is CCC(=O)N[C@@H](CN(C)C(=O)Cc1ccccc1)C(=O)N1C(C)CC[C@H]1C(=O)NCc1ccc(F)cc1. The van der Waals surface area contributed by atoms with Crippen LogP contribution in [0.25, 0.3) is 0 Å². The Morgan fingerprint density at radius 3 is 2.35 bits per heavy atom. The van der Waals surface area contributed by atoms with Crippen molar-refractivity contribution in [2.24, 2.45) is 0 Å². The fourth-order valence-corrected chi connectivity index (χ4v) is 4.46. The Morgan fingerprint density at radius 2 is 1.70 bits per heavy atom. The average molecular weight is 511 g/mol. The van der Waals surface area contributed by atoms with E-state index in [1.54, 1.807) is 26.1 Å². The van der Waals surface area contributed by atoms with Crippen LogP contribution in [0, 0.1) is 5.82 Å². The minimum Gasteiger partial charge on any atom is -0.350 e. The standard InChI is InChI=1S/C28H35FN4O4/c1-4-25(34)31-23(18-32(3)26(35)16-20-8-6-5-7-9-20)28(37)33-19(2)10-15-24(33)27(36)30-17-21-11-13-22(29)14-12-21/h5-9,11-14,19,23-24H,4,10,15-18H2,1-3H3,(H,30,36)(H,31,34)/t19?,23-,24-/m0/s1. The van der Waals surface area contributed by atoms with Crippen LogP contribution < -0.4 is 10.6 Å². The van der Waals surface area contributed by atoms with Gasteiger partial charge in [0.1, 0.15) is 17.9 Å². The molecule has 0 bridgehead atoms. The third-order valence-corrected chi connectivity index (χ3v) is 6.64. The van der Waals surface area contributed by atoms with Crippen LogP contribution >= 0.6 is 0 Å². The zero-order chi connectivity index (χ0) is 26.9. The van der Waals surface area contributed by atoms with E-state index in [1.165, 1.54) is 21.9 Å². The number of hydrogen-bond donors (Lipinski definition) is 2. The zero-order valence-electron chi connectivity index (χ0n) is 21.6. The molecule has 1 fully saturated rings. The van der Waals surface area contributed by atoms with Gasteiger partial charge in [0, 0.05) is 32.6 Å². The van der Waals surface area contributed by atoms with E-state index in [0.29, 0.717) is 12.8 Å². The lowest BCUT2D eigenvalue weighted by molar-refractivity contribution is -0.144. The summed E-state index contributed by atoms with van der Waals surface area (Å²) in [4.78, 5) is 54.8. The van der Waals surface area contributed by atoms with E-state index in [-0.39, 0.29) is 55.5 Å². The van der Waals surface area contributed by atoms with Gasteiger partial charge in [0.05, 0.1) is 6.42 Å².